The molecule has 1 amide bonds. The highest BCUT2D eigenvalue weighted by Crippen LogP contribution is 2.29. The fraction of sp³-hybridized carbons (Fsp3) is 0.381. The Morgan fingerprint density at radius 1 is 0.929 bits per heavy atom. The lowest BCUT2D eigenvalue weighted by atomic mass is 10.2. The molecule has 1 fully saturated rings. The molecule has 2 aromatic carbocycles. The van der Waals surface area contributed by atoms with Gasteiger partial charge in [0.25, 0.3) is 0 Å². The van der Waals surface area contributed by atoms with Gasteiger partial charge in [-0.3, -0.25) is 4.79 Å². The first-order valence-corrected chi connectivity index (χ1v) is 9.38. The van der Waals surface area contributed by atoms with E-state index < -0.39 is 0 Å². The number of hydrogen-bond donors (Lipinski definition) is 2. The summed E-state index contributed by atoms with van der Waals surface area (Å²) >= 11 is 0. The van der Waals surface area contributed by atoms with Crippen LogP contribution in [0.1, 0.15) is 0 Å². The van der Waals surface area contributed by atoms with Crippen LogP contribution in [-0.2, 0) is 4.79 Å². The Labute approximate surface area is 166 Å². The Bertz CT molecular complexity index is 787. The number of carbonyl (C=O) groups excluding carboxylic acids is 1. The molecule has 28 heavy (non-hydrogen) atoms. The van der Waals surface area contributed by atoms with E-state index in [0.717, 1.165) is 31.9 Å². The Kier molecular flexibility index (Phi) is 6.60. The largest absolute Gasteiger partial charge is 0.493 e. The van der Waals surface area contributed by atoms with Gasteiger partial charge >= 0.3 is 0 Å². The van der Waals surface area contributed by atoms with Gasteiger partial charge in [-0.15, -0.1) is 0 Å². The van der Waals surface area contributed by atoms with Crippen LogP contribution in [0.2, 0.25) is 0 Å². The molecule has 0 aliphatic carbocycles. The van der Waals surface area contributed by atoms with E-state index in [1.807, 2.05) is 12.1 Å². The van der Waals surface area contributed by atoms with Crippen LogP contribution < -0.4 is 25.0 Å². The summed E-state index contributed by atoms with van der Waals surface area (Å²) in [5, 5.41) is 6.01. The third kappa shape index (κ3) is 5.07. The summed E-state index contributed by atoms with van der Waals surface area (Å²) in [4.78, 5) is 16.9. The number of methoxy groups -OCH3 is 2. The van der Waals surface area contributed by atoms with E-state index in [0.29, 0.717) is 17.2 Å². The molecule has 1 aliphatic heterocycles. The topological polar surface area (TPSA) is 66.1 Å². The summed E-state index contributed by atoms with van der Waals surface area (Å²) in [6.45, 7) is 4.42. The summed E-state index contributed by atoms with van der Waals surface area (Å²) in [6, 6.07) is 13.5. The fourth-order valence-corrected chi connectivity index (χ4v) is 3.16. The molecule has 0 bridgehead atoms. The Balaban J connectivity index is 1.50. The van der Waals surface area contributed by atoms with Crippen LogP contribution in [0.3, 0.4) is 0 Å². The molecule has 0 saturated carbocycles. The van der Waals surface area contributed by atoms with Crippen molar-refractivity contribution in [2.45, 2.75) is 0 Å². The Morgan fingerprint density at radius 3 is 2.21 bits per heavy atom. The smallest absolute Gasteiger partial charge is 0.243 e. The van der Waals surface area contributed by atoms with E-state index >= 15 is 0 Å². The van der Waals surface area contributed by atoms with Gasteiger partial charge in [-0.1, -0.05) is 0 Å². The molecule has 0 spiro atoms. The second kappa shape index (κ2) is 9.32. The highest BCUT2D eigenvalue weighted by molar-refractivity contribution is 5.94. The standard InChI is InChI=1S/C21H28N4O3/c1-24-10-12-25(13-11-24)18-7-4-16(5-8-18)22-15-21(26)23-17-6-9-19(27-2)20(14-17)28-3/h4-9,14,22H,10-13,15H2,1-3H3,(H,23,26). The van der Waals surface area contributed by atoms with E-state index in [4.69, 9.17) is 9.47 Å². The van der Waals surface area contributed by atoms with Crippen molar-refractivity contribution < 1.29 is 14.3 Å². The van der Waals surface area contributed by atoms with Crippen molar-refractivity contribution in [3.8, 4) is 11.5 Å². The minimum atomic E-state index is -0.129. The zero-order chi connectivity index (χ0) is 19.9. The maximum Gasteiger partial charge on any atom is 0.243 e. The van der Waals surface area contributed by atoms with E-state index in [9.17, 15) is 4.79 Å². The summed E-state index contributed by atoms with van der Waals surface area (Å²) in [5.41, 5.74) is 2.80. The van der Waals surface area contributed by atoms with Crippen molar-refractivity contribution >= 4 is 23.0 Å². The average Bonchev–Trinajstić information content (AvgIpc) is 2.73. The molecule has 2 aromatic rings. The van der Waals surface area contributed by atoms with Crippen molar-refractivity contribution in [3.05, 3.63) is 42.5 Å². The number of rotatable bonds is 7. The van der Waals surface area contributed by atoms with Crippen LogP contribution in [0, 0.1) is 0 Å². The average molecular weight is 384 g/mol. The monoisotopic (exact) mass is 384 g/mol. The maximum absolute atomic E-state index is 12.2. The van der Waals surface area contributed by atoms with Crippen molar-refractivity contribution in [1.29, 1.82) is 0 Å². The Hall–Kier alpha value is -2.93. The molecular weight excluding hydrogens is 356 g/mol. The van der Waals surface area contributed by atoms with E-state index in [2.05, 4.69) is 39.6 Å². The normalized spacial score (nSPS) is 14.5. The second-order valence-corrected chi connectivity index (χ2v) is 6.81. The zero-order valence-electron chi connectivity index (χ0n) is 16.7. The van der Waals surface area contributed by atoms with Crippen molar-refractivity contribution in [2.75, 3.05) is 69.5 Å². The van der Waals surface area contributed by atoms with Gasteiger partial charge in [-0.05, 0) is 43.4 Å². The van der Waals surface area contributed by atoms with Gasteiger partial charge in [0.15, 0.2) is 11.5 Å². The number of benzene rings is 2. The van der Waals surface area contributed by atoms with Gasteiger partial charge in [0, 0.05) is 49.3 Å². The van der Waals surface area contributed by atoms with Gasteiger partial charge < -0.3 is 29.9 Å². The minimum absolute atomic E-state index is 0.129. The molecule has 150 valence electrons. The van der Waals surface area contributed by atoms with Gasteiger partial charge in [0.2, 0.25) is 5.91 Å². The van der Waals surface area contributed by atoms with Gasteiger partial charge in [-0.2, -0.15) is 0 Å². The first-order valence-electron chi connectivity index (χ1n) is 9.38. The zero-order valence-corrected chi connectivity index (χ0v) is 16.7. The molecule has 1 saturated heterocycles. The molecule has 7 nitrogen and oxygen atoms in total. The number of piperazine rings is 1. The highest BCUT2D eigenvalue weighted by atomic mass is 16.5. The van der Waals surface area contributed by atoms with E-state index in [1.54, 1.807) is 32.4 Å². The van der Waals surface area contributed by atoms with Crippen LogP contribution >= 0.6 is 0 Å². The number of amides is 1. The molecule has 0 unspecified atom stereocenters. The number of ether oxygens (including phenoxy) is 2. The van der Waals surface area contributed by atoms with Crippen LogP contribution in [-0.4, -0.2) is 64.8 Å². The number of likely N-dealkylation sites (N-methyl/N-ethyl adjacent to an activating group) is 1. The molecule has 1 heterocycles. The molecule has 1 aliphatic rings. The number of nitrogens with zero attached hydrogens (tertiary/aromatic N) is 2. The minimum Gasteiger partial charge on any atom is -0.493 e. The Morgan fingerprint density at radius 2 is 1.57 bits per heavy atom. The summed E-state index contributed by atoms with van der Waals surface area (Å²) in [6.07, 6.45) is 0. The van der Waals surface area contributed by atoms with Gasteiger partial charge in [0.1, 0.15) is 0 Å². The fourth-order valence-electron chi connectivity index (χ4n) is 3.16. The van der Waals surface area contributed by atoms with Crippen LogP contribution in [0.4, 0.5) is 17.1 Å². The number of anilines is 3. The third-order valence-corrected chi connectivity index (χ3v) is 4.86. The lowest BCUT2D eigenvalue weighted by Crippen LogP contribution is -2.44. The number of hydrogen-bond acceptors (Lipinski definition) is 6. The van der Waals surface area contributed by atoms with Crippen molar-refractivity contribution in [2.24, 2.45) is 0 Å². The summed E-state index contributed by atoms with van der Waals surface area (Å²) in [7, 11) is 5.29. The SMILES string of the molecule is COc1ccc(NC(=O)CNc2ccc(N3CCN(C)CC3)cc2)cc1OC. The summed E-state index contributed by atoms with van der Waals surface area (Å²) in [5.74, 6) is 1.07. The molecule has 0 atom stereocenters. The molecule has 0 aromatic heterocycles. The van der Waals surface area contributed by atoms with Gasteiger partial charge in [0.05, 0.1) is 20.8 Å². The predicted octanol–water partition coefficient (Wildman–Crippen LogP) is 2.51. The summed E-state index contributed by atoms with van der Waals surface area (Å²) < 4.78 is 10.5. The van der Waals surface area contributed by atoms with Crippen LogP contribution in [0.5, 0.6) is 11.5 Å². The molecule has 7 heteroatoms. The molecule has 3 rings (SSSR count). The predicted molar refractivity (Wildman–Crippen MR) is 113 cm³/mol. The second-order valence-electron chi connectivity index (χ2n) is 6.81. The van der Waals surface area contributed by atoms with E-state index in [-0.39, 0.29) is 12.5 Å². The van der Waals surface area contributed by atoms with Crippen LogP contribution in [0.25, 0.3) is 0 Å². The van der Waals surface area contributed by atoms with Crippen molar-refractivity contribution in [3.63, 3.8) is 0 Å². The first kappa shape index (κ1) is 19.8. The lowest BCUT2D eigenvalue weighted by Gasteiger charge is -2.34. The molecular formula is C21H28N4O3. The quantitative estimate of drug-likeness (QED) is 0.765. The molecule has 0 radical (unpaired) electrons. The molecule has 2 N–H and O–H groups in total. The maximum atomic E-state index is 12.2. The highest BCUT2D eigenvalue weighted by Gasteiger charge is 2.14. The van der Waals surface area contributed by atoms with E-state index in [1.165, 1.54) is 5.69 Å². The first-order chi connectivity index (χ1) is 13.6. The lowest BCUT2D eigenvalue weighted by molar-refractivity contribution is -0.114. The number of nitrogens with one attached hydrogen (secondary N) is 2. The van der Waals surface area contributed by atoms with Crippen LogP contribution in [0.15, 0.2) is 42.5 Å². The van der Waals surface area contributed by atoms with Gasteiger partial charge in [-0.25, -0.2) is 0 Å². The number of carbonyl (C=O) groups is 1. The third-order valence-electron chi connectivity index (χ3n) is 4.86. The van der Waals surface area contributed by atoms with Crippen molar-refractivity contribution in [1.82, 2.24) is 4.90 Å².